The number of amides is 1. The second-order valence-electron chi connectivity index (χ2n) is 6.10. The van der Waals surface area contributed by atoms with E-state index in [1.54, 1.807) is 30.3 Å². The summed E-state index contributed by atoms with van der Waals surface area (Å²) in [4.78, 5) is 40.3. The van der Waals surface area contributed by atoms with Gasteiger partial charge in [-0.25, -0.2) is 14.6 Å². The highest BCUT2D eigenvalue weighted by atomic mass is 32.2. The number of benzene rings is 2. The molecule has 154 valence electrons. The van der Waals surface area contributed by atoms with Crippen LogP contribution in [0.3, 0.4) is 0 Å². The molecule has 0 radical (unpaired) electrons. The zero-order valence-electron chi connectivity index (χ0n) is 15.6. The number of amidine groups is 1. The average molecular weight is 428 g/mol. The fraction of sp³-hybridized carbons (Fsp3) is 0.100. The number of thioether (sulfide) groups is 1. The number of phenols is 1. The predicted octanol–water partition coefficient (Wildman–Crippen LogP) is 2.79. The molecule has 0 spiro atoms. The number of hydrogen-bond acceptors (Lipinski definition) is 7. The molecule has 1 aliphatic rings. The first-order valence-corrected chi connectivity index (χ1v) is 9.34. The Morgan fingerprint density at radius 2 is 1.93 bits per heavy atom. The number of likely N-dealkylation sites (N-methyl/N-ethyl adjacent to an activating group) is 1. The highest BCUT2D eigenvalue weighted by Crippen LogP contribution is 2.35. The number of carbonyl (C=O) groups excluding carboxylic acids is 1. The van der Waals surface area contributed by atoms with E-state index in [0.29, 0.717) is 21.4 Å². The maximum Gasteiger partial charge on any atom is 0.341 e. The van der Waals surface area contributed by atoms with Gasteiger partial charge in [0.2, 0.25) is 0 Å². The molecule has 10 heteroatoms. The van der Waals surface area contributed by atoms with E-state index in [4.69, 9.17) is 14.9 Å². The van der Waals surface area contributed by atoms with Gasteiger partial charge in [0.05, 0.1) is 10.6 Å². The molecule has 1 amide bonds. The molecule has 2 aromatic carbocycles. The summed E-state index contributed by atoms with van der Waals surface area (Å²) < 4.78 is 5.25. The molecule has 1 saturated heterocycles. The van der Waals surface area contributed by atoms with Gasteiger partial charge in [0.15, 0.2) is 11.8 Å². The van der Waals surface area contributed by atoms with E-state index in [0.717, 1.165) is 11.8 Å². The van der Waals surface area contributed by atoms with E-state index in [1.165, 1.54) is 30.1 Å². The number of ether oxygens (including phenoxy) is 1. The number of hydrogen-bond donors (Lipinski definition) is 3. The highest BCUT2D eigenvalue weighted by molar-refractivity contribution is 8.18. The lowest BCUT2D eigenvalue weighted by Crippen LogP contribution is -2.23. The number of carboxylic acids is 2. The molecular weight excluding hydrogens is 412 g/mol. The first kappa shape index (κ1) is 20.9. The van der Waals surface area contributed by atoms with E-state index in [-0.39, 0.29) is 17.2 Å². The monoisotopic (exact) mass is 428 g/mol. The Hall–Kier alpha value is -3.79. The van der Waals surface area contributed by atoms with Crippen molar-refractivity contribution in [3.8, 4) is 11.5 Å². The summed E-state index contributed by atoms with van der Waals surface area (Å²) in [7, 11) is 1.54. The van der Waals surface area contributed by atoms with E-state index >= 15 is 0 Å². The van der Waals surface area contributed by atoms with Crippen LogP contribution < -0.4 is 4.74 Å². The number of aliphatic carboxylic acids is 1. The summed E-state index contributed by atoms with van der Waals surface area (Å²) in [6.07, 6.45) is 1.58. The third-order valence-corrected chi connectivity index (χ3v) is 5.06. The molecule has 0 bridgehead atoms. The first-order chi connectivity index (χ1) is 14.3. The number of aromatic carboxylic acids is 1. The van der Waals surface area contributed by atoms with E-state index in [1.807, 2.05) is 0 Å². The van der Waals surface area contributed by atoms with Crippen LogP contribution in [0, 0.1) is 0 Å². The van der Waals surface area contributed by atoms with Crippen molar-refractivity contribution in [3.05, 3.63) is 58.5 Å². The first-order valence-electron chi connectivity index (χ1n) is 8.52. The maximum atomic E-state index is 12.6. The smallest absolute Gasteiger partial charge is 0.341 e. The largest absolute Gasteiger partial charge is 0.507 e. The number of nitrogens with zero attached hydrogens (tertiary/aromatic N) is 2. The fourth-order valence-corrected chi connectivity index (χ4v) is 3.52. The van der Waals surface area contributed by atoms with Crippen LogP contribution in [-0.4, -0.2) is 56.9 Å². The third kappa shape index (κ3) is 4.61. The summed E-state index contributed by atoms with van der Waals surface area (Å²) in [5, 5.41) is 27.9. The Balaban J connectivity index is 1.88. The lowest BCUT2D eigenvalue weighted by molar-refractivity contribution is -0.139. The highest BCUT2D eigenvalue weighted by Gasteiger charge is 2.30. The summed E-state index contributed by atoms with van der Waals surface area (Å²) in [5.41, 5.74) is 0.569. The lowest BCUT2D eigenvalue weighted by atomic mass is 10.2. The molecule has 30 heavy (non-hydrogen) atoms. The molecule has 1 aliphatic heterocycles. The summed E-state index contributed by atoms with van der Waals surface area (Å²) >= 11 is 1.08. The number of rotatable bonds is 6. The van der Waals surface area contributed by atoms with Crippen molar-refractivity contribution in [2.75, 3.05) is 13.7 Å². The molecule has 9 nitrogen and oxygen atoms in total. The number of carboxylic acid groups (broad SMARTS) is 2. The van der Waals surface area contributed by atoms with Gasteiger partial charge in [0.25, 0.3) is 5.91 Å². The van der Waals surface area contributed by atoms with Gasteiger partial charge >= 0.3 is 11.9 Å². The van der Waals surface area contributed by atoms with Gasteiger partial charge < -0.3 is 20.1 Å². The molecule has 0 atom stereocenters. The van der Waals surface area contributed by atoms with Crippen LogP contribution in [0.25, 0.3) is 6.08 Å². The Morgan fingerprint density at radius 3 is 2.60 bits per heavy atom. The van der Waals surface area contributed by atoms with Crippen LogP contribution in [0.15, 0.2) is 52.4 Å². The third-order valence-electron chi connectivity index (χ3n) is 4.00. The SMILES string of the molecule is CN1C(=O)/C(=C/c2ccccc2OCC(=O)O)SC1=Nc1ccc(C(=O)O)c(O)c1. The average Bonchev–Trinajstić information content (AvgIpc) is 2.95. The van der Waals surface area contributed by atoms with Gasteiger partial charge in [0, 0.05) is 18.7 Å². The number of carbonyl (C=O) groups is 3. The number of aliphatic imine (C=N–C) groups is 1. The standard InChI is InChI=1S/C20H16N2O7S/c1-22-18(26)16(8-11-4-2-3-5-15(11)29-10-17(24)25)30-20(22)21-12-6-7-13(19(27)28)14(23)9-12/h2-9,23H,10H2,1H3,(H,24,25)(H,27,28)/b16-8-,21-20?. The molecule has 1 heterocycles. The van der Waals surface area contributed by atoms with Crippen molar-refractivity contribution in [1.82, 2.24) is 4.90 Å². The molecule has 2 aromatic rings. The zero-order valence-corrected chi connectivity index (χ0v) is 16.4. The minimum absolute atomic E-state index is 0.249. The summed E-state index contributed by atoms with van der Waals surface area (Å²) in [5.74, 6) is -2.80. The van der Waals surface area contributed by atoms with Crippen LogP contribution in [0.1, 0.15) is 15.9 Å². The van der Waals surface area contributed by atoms with Crippen molar-refractivity contribution < 1.29 is 34.4 Å². The van der Waals surface area contributed by atoms with Crippen molar-refractivity contribution in [3.63, 3.8) is 0 Å². The molecule has 3 N–H and O–H groups in total. The Morgan fingerprint density at radius 1 is 1.20 bits per heavy atom. The minimum Gasteiger partial charge on any atom is -0.507 e. The predicted molar refractivity (Wildman–Crippen MR) is 110 cm³/mol. The second kappa shape index (κ2) is 8.70. The second-order valence-corrected chi connectivity index (χ2v) is 7.11. The van der Waals surface area contributed by atoms with Crippen molar-refractivity contribution >= 4 is 46.5 Å². The van der Waals surface area contributed by atoms with E-state index in [9.17, 15) is 19.5 Å². The molecular formula is C20H16N2O7S. The quantitative estimate of drug-likeness (QED) is 0.598. The fourth-order valence-electron chi connectivity index (χ4n) is 2.54. The molecule has 0 saturated carbocycles. The minimum atomic E-state index is -1.26. The van der Waals surface area contributed by atoms with Crippen molar-refractivity contribution in [2.24, 2.45) is 4.99 Å². The van der Waals surface area contributed by atoms with Gasteiger partial charge in [-0.1, -0.05) is 18.2 Å². The van der Waals surface area contributed by atoms with Gasteiger partial charge in [-0.15, -0.1) is 0 Å². The van der Waals surface area contributed by atoms with E-state index in [2.05, 4.69) is 4.99 Å². The van der Waals surface area contributed by atoms with E-state index < -0.39 is 24.3 Å². The van der Waals surface area contributed by atoms with Gasteiger partial charge in [-0.2, -0.15) is 0 Å². The van der Waals surface area contributed by atoms with Crippen LogP contribution in [0.2, 0.25) is 0 Å². The zero-order chi connectivity index (χ0) is 21.8. The molecule has 0 unspecified atom stereocenters. The lowest BCUT2D eigenvalue weighted by Gasteiger charge is -2.08. The van der Waals surface area contributed by atoms with Crippen LogP contribution in [0.5, 0.6) is 11.5 Å². The Labute approximate surface area is 174 Å². The van der Waals surface area contributed by atoms with Gasteiger partial charge in [-0.3, -0.25) is 9.69 Å². The topological polar surface area (TPSA) is 137 Å². The molecule has 1 fully saturated rings. The summed E-state index contributed by atoms with van der Waals surface area (Å²) in [6.45, 7) is -0.510. The molecule has 3 rings (SSSR count). The van der Waals surface area contributed by atoms with Crippen LogP contribution >= 0.6 is 11.8 Å². The maximum absolute atomic E-state index is 12.6. The summed E-state index contributed by atoms with van der Waals surface area (Å²) in [6, 6.07) is 10.6. The molecule has 0 aliphatic carbocycles. The van der Waals surface area contributed by atoms with Crippen molar-refractivity contribution in [2.45, 2.75) is 0 Å². The normalized spacial score (nSPS) is 16.3. The Kier molecular flexibility index (Phi) is 6.07. The van der Waals surface area contributed by atoms with Crippen molar-refractivity contribution in [1.29, 1.82) is 0 Å². The van der Waals surface area contributed by atoms with Crippen LogP contribution in [0.4, 0.5) is 5.69 Å². The molecule has 0 aromatic heterocycles. The van der Waals surface area contributed by atoms with Gasteiger partial charge in [-0.05, 0) is 36.0 Å². The Bertz CT molecular complexity index is 1090. The van der Waals surface area contributed by atoms with Gasteiger partial charge in [0.1, 0.15) is 17.1 Å². The number of para-hydroxylation sites is 1. The van der Waals surface area contributed by atoms with Crippen LogP contribution in [-0.2, 0) is 9.59 Å². The number of aromatic hydroxyl groups is 1.